The number of amides is 2. The second-order valence-electron chi connectivity index (χ2n) is 7.54. The van der Waals surface area contributed by atoms with Crippen LogP contribution in [0.5, 0.6) is 0 Å². The molecule has 6 heteroatoms. The van der Waals surface area contributed by atoms with Crippen molar-refractivity contribution in [2.75, 3.05) is 18.4 Å². The van der Waals surface area contributed by atoms with E-state index in [1.54, 1.807) is 12.1 Å². The van der Waals surface area contributed by atoms with Gasteiger partial charge in [-0.15, -0.1) is 0 Å². The van der Waals surface area contributed by atoms with Gasteiger partial charge in [-0.3, -0.25) is 9.59 Å². The number of benzene rings is 1. The van der Waals surface area contributed by atoms with Crippen molar-refractivity contribution in [3.63, 3.8) is 0 Å². The zero-order valence-corrected chi connectivity index (χ0v) is 15.3. The van der Waals surface area contributed by atoms with E-state index in [1.807, 2.05) is 24.3 Å². The summed E-state index contributed by atoms with van der Waals surface area (Å²) in [5, 5.41) is 9.33. The Morgan fingerprint density at radius 1 is 1.19 bits per heavy atom. The Morgan fingerprint density at radius 2 is 2.04 bits per heavy atom. The van der Waals surface area contributed by atoms with E-state index in [-0.39, 0.29) is 23.0 Å². The van der Waals surface area contributed by atoms with Crippen LogP contribution in [0.25, 0.3) is 0 Å². The summed E-state index contributed by atoms with van der Waals surface area (Å²) in [4.78, 5) is 24.9. The van der Waals surface area contributed by atoms with Crippen molar-refractivity contribution in [2.45, 2.75) is 32.2 Å². The van der Waals surface area contributed by atoms with Gasteiger partial charge in [-0.25, -0.2) is 0 Å². The average Bonchev–Trinajstić information content (AvgIpc) is 3.37. The first kappa shape index (κ1) is 17.8. The SMILES string of the molecule is O=C(Nc1ccc(CNC(=O)[C@@]23CCCC[C@H]2CNC3)cc1)c1ccco1. The highest BCUT2D eigenvalue weighted by atomic mass is 16.3. The Morgan fingerprint density at radius 3 is 2.81 bits per heavy atom. The minimum Gasteiger partial charge on any atom is -0.459 e. The molecule has 1 aliphatic heterocycles. The molecule has 27 heavy (non-hydrogen) atoms. The number of hydrogen-bond acceptors (Lipinski definition) is 4. The van der Waals surface area contributed by atoms with Gasteiger partial charge in [0, 0.05) is 18.8 Å². The fraction of sp³-hybridized carbons (Fsp3) is 0.429. The largest absolute Gasteiger partial charge is 0.459 e. The van der Waals surface area contributed by atoms with Crippen molar-refractivity contribution < 1.29 is 14.0 Å². The summed E-state index contributed by atoms with van der Waals surface area (Å²) in [7, 11) is 0. The number of rotatable bonds is 5. The van der Waals surface area contributed by atoms with E-state index < -0.39 is 0 Å². The predicted molar refractivity (Wildman–Crippen MR) is 102 cm³/mol. The zero-order valence-electron chi connectivity index (χ0n) is 15.3. The van der Waals surface area contributed by atoms with E-state index >= 15 is 0 Å². The van der Waals surface area contributed by atoms with Gasteiger partial charge in [0.05, 0.1) is 11.7 Å². The number of nitrogens with one attached hydrogen (secondary N) is 3. The number of carbonyl (C=O) groups is 2. The molecular weight excluding hydrogens is 342 g/mol. The van der Waals surface area contributed by atoms with E-state index in [9.17, 15) is 9.59 Å². The Hall–Kier alpha value is -2.60. The van der Waals surface area contributed by atoms with Crippen LogP contribution in [-0.2, 0) is 11.3 Å². The first-order valence-electron chi connectivity index (χ1n) is 9.60. The minimum absolute atomic E-state index is 0.174. The summed E-state index contributed by atoms with van der Waals surface area (Å²) in [6.07, 6.45) is 5.96. The quantitative estimate of drug-likeness (QED) is 0.759. The van der Waals surface area contributed by atoms with Crippen LogP contribution < -0.4 is 16.0 Å². The number of fused-ring (bicyclic) bond motifs is 1. The maximum Gasteiger partial charge on any atom is 0.291 e. The second kappa shape index (κ2) is 7.56. The Kier molecular flexibility index (Phi) is 4.99. The number of anilines is 1. The highest BCUT2D eigenvalue weighted by Crippen LogP contribution is 2.43. The molecule has 4 rings (SSSR count). The summed E-state index contributed by atoms with van der Waals surface area (Å²) >= 11 is 0. The second-order valence-corrected chi connectivity index (χ2v) is 7.54. The lowest BCUT2D eigenvalue weighted by molar-refractivity contribution is -0.134. The average molecular weight is 367 g/mol. The standard InChI is InChI=1S/C21H25N3O3/c25-19(18-5-3-11-27-18)24-17-8-6-15(7-9-17)12-23-20(26)21-10-2-1-4-16(21)13-22-14-21/h3,5-9,11,16,22H,1-2,4,10,12-14H2,(H,23,26)(H,24,25)/t16-,21+/m0/s1. The number of hydrogen-bond donors (Lipinski definition) is 3. The van der Waals surface area contributed by atoms with Gasteiger partial charge in [0.25, 0.3) is 5.91 Å². The normalized spacial score (nSPS) is 24.2. The van der Waals surface area contributed by atoms with Crippen LogP contribution in [0.2, 0.25) is 0 Å². The third-order valence-electron chi connectivity index (χ3n) is 5.90. The van der Waals surface area contributed by atoms with Crippen molar-refractivity contribution in [3.05, 3.63) is 54.0 Å². The molecule has 2 atom stereocenters. The molecule has 0 radical (unpaired) electrons. The molecule has 1 saturated heterocycles. The van der Waals surface area contributed by atoms with E-state index in [0.717, 1.165) is 37.9 Å². The maximum absolute atomic E-state index is 12.9. The van der Waals surface area contributed by atoms with Crippen LogP contribution in [-0.4, -0.2) is 24.9 Å². The monoisotopic (exact) mass is 367 g/mol. The lowest BCUT2D eigenvalue weighted by Crippen LogP contribution is -2.47. The topological polar surface area (TPSA) is 83.4 Å². The van der Waals surface area contributed by atoms with Crippen LogP contribution in [0.3, 0.4) is 0 Å². The van der Waals surface area contributed by atoms with Gasteiger partial charge in [0.15, 0.2) is 5.76 Å². The predicted octanol–water partition coefficient (Wildman–Crippen LogP) is 2.93. The first-order chi connectivity index (χ1) is 13.2. The van der Waals surface area contributed by atoms with Crippen molar-refractivity contribution >= 4 is 17.5 Å². The van der Waals surface area contributed by atoms with Crippen molar-refractivity contribution in [1.29, 1.82) is 0 Å². The van der Waals surface area contributed by atoms with Crippen LogP contribution >= 0.6 is 0 Å². The smallest absolute Gasteiger partial charge is 0.291 e. The van der Waals surface area contributed by atoms with Gasteiger partial charge >= 0.3 is 0 Å². The lowest BCUT2D eigenvalue weighted by atomic mass is 9.67. The van der Waals surface area contributed by atoms with Gasteiger partial charge in [0.2, 0.25) is 5.91 Å². The third-order valence-corrected chi connectivity index (χ3v) is 5.90. The molecule has 2 heterocycles. The van der Waals surface area contributed by atoms with Gasteiger partial charge in [-0.2, -0.15) is 0 Å². The Balaban J connectivity index is 1.33. The van der Waals surface area contributed by atoms with Crippen LogP contribution in [0.1, 0.15) is 41.8 Å². The van der Waals surface area contributed by atoms with Gasteiger partial charge in [-0.05, 0) is 55.1 Å². The molecule has 1 aromatic carbocycles. The molecule has 2 aliphatic rings. The molecule has 0 bridgehead atoms. The molecule has 2 fully saturated rings. The molecule has 3 N–H and O–H groups in total. The van der Waals surface area contributed by atoms with E-state index in [4.69, 9.17) is 4.42 Å². The molecule has 0 unspecified atom stereocenters. The minimum atomic E-state index is -0.280. The Bertz CT molecular complexity index is 801. The molecule has 1 aliphatic carbocycles. The summed E-state index contributed by atoms with van der Waals surface area (Å²) in [6.45, 7) is 2.25. The van der Waals surface area contributed by atoms with E-state index in [2.05, 4.69) is 16.0 Å². The number of furan rings is 1. The summed E-state index contributed by atoms with van der Waals surface area (Å²) in [6, 6.07) is 10.8. The molecule has 0 spiro atoms. The highest BCUT2D eigenvalue weighted by molar-refractivity contribution is 6.02. The van der Waals surface area contributed by atoms with Crippen LogP contribution in [0, 0.1) is 11.3 Å². The van der Waals surface area contributed by atoms with Crippen LogP contribution in [0.4, 0.5) is 5.69 Å². The Labute approximate surface area is 158 Å². The van der Waals surface area contributed by atoms with Crippen molar-refractivity contribution in [1.82, 2.24) is 10.6 Å². The van der Waals surface area contributed by atoms with Gasteiger partial charge in [0.1, 0.15) is 0 Å². The number of carbonyl (C=O) groups excluding carboxylic acids is 2. The van der Waals surface area contributed by atoms with Crippen LogP contribution in [0.15, 0.2) is 47.1 Å². The molecule has 1 saturated carbocycles. The summed E-state index contributed by atoms with van der Waals surface area (Å²) in [5.41, 5.74) is 1.47. The summed E-state index contributed by atoms with van der Waals surface area (Å²) in [5.74, 6) is 0.632. The summed E-state index contributed by atoms with van der Waals surface area (Å²) < 4.78 is 5.08. The fourth-order valence-corrected chi connectivity index (χ4v) is 4.36. The third kappa shape index (κ3) is 3.62. The molecular formula is C21H25N3O3. The zero-order chi connectivity index (χ0) is 18.7. The molecule has 2 aromatic rings. The van der Waals surface area contributed by atoms with Crippen molar-refractivity contribution in [3.8, 4) is 0 Å². The fourth-order valence-electron chi connectivity index (χ4n) is 4.36. The lowest BCUT2D eigenvalue weighted by Gasteiger charge is -2.37. The molecule has 142 valence electrons. The molecule has 6 nitrogen and oxygen atoms in total. The molecule has 1 aromatic heterocycles. The van der Waals surface area contributed by atoms with E-state index in [1.165, 1.54) is 12.7 Å². The maximum atomic E-state index is 12.9. The molecule has 2 amide bonds. The van der Waals surface area contributed by atoms with E-state index in [0.29, 0.717) is 18.2 Å². The highest BCUT2D eigenvalue weighted by Gasteiger charge is 2.49. The first-order valence-corrected chi connectivity index (χ1v) is 9.60. The van der Waals surface area contributed by atoms with Gasteiger partial charge < -0.3 is 20.4 Å². The van der Waals surface area contributed by atoms with Gasteiger partial charge in [-0.1, -0.05) is 25.0 Å². The van der Waals surface area contributed by atoms with Crippen molar-refractivity contribution in [2.24, 2.45) is 11.3 Å².